The summed E-state index contributed by atoms with van der Waals surface area (Å²) < 4.78 is 31.8. The number of hydrogen-bond acceptors (Lipinski definition) is 4. The van der Waals surface area contributed by atoms with E-state index in [4.69, 9.17) is 27.9 Å². The van der Waals surface area contributed by atoms with Gasteiger partial charge in [0, 0.05) is 16.1 Å². The minimum absolute atomic E-state index is 0.144. The molecule has 1 fully saturated rings. The van der Waals surface area contributed by atoms with Gasteiger partial charge in [-0.3, -0.25) is 4.79 Å². The van der Waals surface area contributed by atoms with Crippen LogP contribution < -0.4 is 5.73 Å². The fourth-order valence-electron chi connectivity index (χ4n) is 4.20. The first-order valence-corrected chi connectivity index (χ1v) is 13.8. The number of morpholine rings is 1. The lowest BCUT2D eigenvalue weighted by Crippen LogP contribution is -2.65. The van der Waals surface area contributed by atoms with Crippen LogP contribution in [-0.2, 0) is 19.4 Å². The number of nitrogens with zero attached hydrogens (tertiary/aromatic N) is 1. The summed E-state index contributed by atoms with van der Waals surface area (Å²) >= 11 is 12.4. The molecule has 6 nitrogen and oxygen atoms in total. The fourth-order valence-corrected chi connectivity index (χ4v) is 5.92. The summed E-state index contributed by atoms with van der Waals surface area (Å²) in [7, 11) is -3.50. The number of ether oxygens (including phenoxy) is 1. The second-order valence-electron chi connectivity index (χ2n) is 9.59. The van der Waals surface area contributed by atoms with Crippen molar-refractivity contribution in [2.24, 2.45) is 0 Å². The molecule has 34 heavy (non-hydrogen) atoms. The van der Waals surface area contributed by atoms with Gasteiger partial charge in [0.1, 0.15) is 12.6 Å². The van der Waals surface area contributed by atoms with Gasteiger partial charge in [-0.05, 0) is 62.6 Å². The van der Waals surface area contributed by atoms with E-state index in [2.05, 4.69) is 5.73 Å². The lowest BCUT2D eigenvalue weighted by Gasteiger charge is -2.47. The Morgan fingerprint density at radius 2 is 1.71 bits per heavy atom. The van der Waals surface area contributed by atoms with E-state index in [1.165, 1.54) is 0 Å². The molecule has 0 saturated carbocycles. The molecular weight excluding hydrogens is 495 g/mol. The van der Waals surface area contributed by atoms with E-state index in [1.807, 2.05) is 37.3 Å². The number of halogens is 2. The van der Waals surface area contributed by atoms with E-state index < -0.39 is 38.9 Å². The number of quaternary nitrogens is 1. The predicted molar refractivity (Wildman–Crippen MR) is 135 cm³/mol. The van der Waals surface area contributed by atoms with Crippen LogP contribution in [-0.4, -0.2) is 48.4 Å². The molecule has 1 aliphatic heterocycles. The van der Waals surface area contributed by atoms with Crippen LogP contribution in [0, 0.1) is 0 Å². The Morgan fingerprint density at radius 3 is 2.24 bits per heavy atom. The van der Waals surface area contributed by atoms with Crippen LogP contribution in [0.2, 0.25) is 10.0 Å². The normalized spacial score (nSPS) is 22.6. The molecule has 2 aromatic carbocycles. The van der Waals surface area contributed by atoms with Crippen molar-refractivity contribution < 1.29 is 23.7 Å². The van der Waals surface area contributed by atoms with Gasteiger partial charge in [0.25, 0.3) is 5.91 Å². The summed E-state index contributed by atoms with van der Waals surface area (Å²) in [6.45, 7) is 7.17. The number of rotatable bonds is 7. The average Bonchev–Trinajstić information content (AvgIpc) is 2.77. The highest BCUT2D eigenvalue weighted by molar-refractivity contribution is 7.92. The summed E-state index contributed by atoms with van der Waals surface area (Å²) in [6, 6.07) is 13.4. The topological polar surface area (TPSA) is 91.3 Å². The maximum absolute atomic E-state index is 13.7. The molecule has 0 radical (unpaired) electrons. The lowest BCUT2D eigenvalue weighted by atomic mass is 9.90. The van der Waals surface area contributed by atoms with Crippen LogP contribution in [0.3, 0.4) is 0 Å². The van der Waals surface area contributed by atoms with Crippen molar-refractivity contribution in [2.45, 2.75) is 63.2 Å². The SMILES string of the molecule is CC[C@@H](CS(=O)(=O)C(C)(C)C)N1C(=O)[C@@H](C[NH3+])O[C@H](c2cccc(Cl)c2)[C@H]1c1ccc(Cl)cc1. The quantitative estimate of drug-likeness (QED) is 0.582. The number of amides is 1. The smallest absolute Gasteiger partial charge is 0.258 e. The summed E-state index contributed by atoms with van der Waals surface area (Å²) in [5.74, 6) is -0.404. The molecule has 0 aromatic heterocycles. The van der Waals surface area contributed by atoms with Gasteiger partial charge in [0.2, 0.25) is 0 Å². The Hall–Kier alpha value is -1.64. The maximum atomic E-state index is 13.7. The van der Waals surface area contributed by atoms with Crippen molar-refractivity contribution >= 4 is 38.9 Å². The molecule has 0 spiro atoms. The first-order chi connectivity index (χ1) is 15.9. The molecule has 3 N–H and O–H groups in total. The number of carbonyl (C=O) groups is 1. The number of sulfone groups is 1. The van der Waals surface area contributed by atoms with Crippen LogP contribution in [0.1, 0.15) is 57.4 Å². The summed E-state index contributed by atoms with van der Waals surface area (Å²) in [4.78, 5) is 15.4. The molecule has 186 valence electrons. The zero-order valence-electron chi connectivity index (χ0n) is 20.0. The molecule has 2 aromatic rings. The Morgan fingerprint density at radius 1 is 1.06 bits per heavy atom. The lowest BCUT2D eigenvalue weighted by molar-refractivity contribution is -0.388. The van der Waals surface area contributed by atoms with Gasteiger partial charge in [-0.1, -0.05) is 54.4 Å². The predicted octanol–water partition coefficient (Wildman–Crippen LogP) is 4.24. The first kappa shape index (κ1) is 27.0. The van der Waals surface area contributed by atoms with E-state index in [9.17, 15) is 13.2 Å². The number of carbonyl (C=O) groups excluding carboxylic acids is 1. The van der Waals surface area contributed by atoms with Crippen LogP contribution >= 0.6 is 23.2 Å². The molecule has 4 atom stereocenters. The molecule has 1 heterocycles. The van der Waals surface area contributed by atoms with Gasteiger partial charge in [-0.25, -0.2) is 8.42 Å². The molecule has 1 amide bonds. The molecule has 1 aliphatic rings. The molecule has 0 aliphatic carbocycles. The summed E-state index contributed by atoms with van der Waals surface area (Å²) in [5.41, 5.74) is 5.52. The third-order valence-corrected chi connectivity index (χ3v) is 9.46. The van der Waals surface area contributed by atoms with Crippen molar-refractivity contribution in [3.05, 3.63) is 69.7 Å². The first-order valence-electron chi connectivity index (χ1n) is 11.4. The maximum Gasteiger partial charge on any atom is 0.258 e. The largest absolute Gasteiger partial charge is 0.355 e. The van der Waals surface area contributed by atoms with Crippen molar-refractivity contribution in [1.29, 1.82) is 0 Å². The summed E-state index contributed by atoms with van der Waals surface area (Å²) in [6.07, 6.45) is -0.883. The van der Waals surface area contributed by atoms with E-state index in [0.29, 0.717) is 16.5 Å². The van der Waals surface area contributed by atoms with E-state index in [1.54, 1.807) is 43.9 Å². The van der Waals surface area contributed by atoms with E-state index in [0.717, 1.165) is 11.1 Å². The number of hydrogen-bond donors (Lipinski definition) is 1. The van der Waals surface area contributed by atoms with Gasteiger partial charge in [0.15, 0.2) is 15.9 Å². The van der Waals surface area contributed by atoms with Crippen molar-refractivity contribution in [2.75, 3.05) is 12.3 Å². The van der Waals surface area contributed by atoms with Crippen LogP contribution in [0.4, 0.5) is 0 Å². The second kappa shape index (κ2) is 10.5. The van der Waals surface area contributed by atoms with Crippen molar-refractivity contribution in [1.82, 2.24) is 4.90 Å². The van der Waals surface area contributed by atoms with Crippen molar-refractivity contribution in [3.63, 3.8) is 0 Å². The monoisotopic (exact) mass is 527 g/mol. The highest BCUT2D eigenvalue weighted by Crippen LogP contribution is 2.44. The fraction of sp³-hybridized carbons (Fsp3) is 0.480. The zero-order valence-corrected chi connectivity index (χ0v) is 22.3. The Kier molecular flexibility index (Phi) is 8.36. The van der Waals surface area contributed by atoms with Crippen LogP contribution in [0.15, 0.2) is 48.5 Å². The highest BCUT2D eigenvalue weighted by Gasteiger charge is 2.48. The Labute approximate surface area is 212 Å². The van der Waals surface area contributed by atoms with Gasteiger partial charge in [0.05, 0.1) is 16.5 Å². The minimum Gasteiger partial charge on any atom is -0.355 e. The average molecular weight is 529 g/mol. The third kappa shape index (κ3) is 5.60. The zero-order chi connectivity index (χ0) is 25.3. The second-order valence-corrected chi connectivity index (χ2v) is 13.2. The van der Waals surface area contributed by atoms with Crippen LogP contribution in [0.25, 0.3) is 0 Å². The molecular formula is C25H33Cl2N2O4S+. The van der Waals surface area contributed by atoms with E-state index in [-0.39, 0.29) is 18.2 Å². The Balaban J connectivity index is 2.18. The van der Waals surface area contributed by atoms with Gasteiger partial charge < -0.3 is 15.4 Å². The molecule has 0 unspecified atom stereocenters. The molecule has 9 heteroatoms. The standard InChI is InChI=1S/C25H32Cl2N2O4S/c1-5-20(15-34(31,32)25(2,3)4)29-22(16-9-11-18(26)12-10-16)23(33-21(14-28)24(29)30)17-7-6-8-19(27)13-17/h6-13,20-23H,5,14-15,28H2,1-4H3/p+1/t20-,21+,22+,23+/m0/s1. The third-order valence-electron chi connectivity index (χ3n) is 6.29. The van der Waals surface area contributed by atoms with E-state index >= 15 is 0 Å². The van der Waals surface area contributed by atoms with Crippen molar-refractivity contribution in [3.8, 4) is 0 Å². The van der Waals surface area contributed by atoms with Gasteiger partial charge in [-0.15, -0.1) is 0 Å². The minimum atomic E-state index is -3.50. The summed E-state index contributed by atoms with van der Waals surface area (Å²) in [5, 5.41) is 1.11. The highest BCUT2D eigenvalue weighted by atomic mass is 35.5. The number of benzene rings is 2. The molecule has 1 saturated heterocycles. The van der Waals surface area contributed by atoms with Gasteiger partial charge >= 0.3 is 0 Å². The molecule has 3 rings (SSSR count). The van der Waals surface area contributed by atoms with Crippen LogP contribution in [0.5, 0.6) is 0 Å². The Bertz CT molecular complexity index is 1120. The van der Waals surface area contributed by atoms with Gasteiger partial charge in [-0.2, -0.15) is 0 Å². The molecule has 0 bridgehead atoms.